The van der Waals surface area contributed by atoms with Crippen molar-refractivity contribution < 1.29 is 32.9 Å². The fourth-order valence-electron chi connectivity index (χ4n) is 7.33. The van der Waals surface area contributed by atoms with Crippen molar-refractivity contribution in [1.29, 1.82) is 0 Å². The molecule has 0 aliphatic rings. The minimum Gasteiger partial charge on any atom is -0.391 e. The molecule has 0 fully saturated rings. The molecule has 0 rings (SSSR count). The van der Waals surface area contributed by atoms with E-state index in [1.165, 1.54) is 128 Å². The van der Waals surface area contributed by atoms with Crippen molar-refractivity contribution in [3.8, 4) is 0 Å². The van der Waals surface area contributed by atoms with Gasteiger partial charge in [0.25, 0.3) is 0 Å². The van der Waals surface area contributed by atoms with Gasteiger partial charge in [-0.25, -0.2) is 4.57 Å². The molecule has 3 unspecified atom stereocenters. The Hall–Kier alpha value is -1.54. The van der Waals surface area contributed by atoms with E-state index < -0.39 is 20.0 Å². The molecule has 1 amide bonds. The lowest BCUT2D eigenvalue weighted by atomic mass is 10.0. The van der Waals surface area contributed by atoms with Crippen LogP contribution in [0.15, 0.2) is 48.6 Å². The van der Waals surface area contributed by atoms with Crippen LogP contribution in [0, 0.1) is 0 Å². The summed E-state index contributed by atoms with van der Waals surface area (Å²) in [6, 6.07) is -0.754. The van der Waals surface area contributed by atoms with Crippen molar-refractivity contribution in [3.63, 3.8) is 0 Å². The number of rotatable bonds is 46. The molecule has 0 aromatic carbocycles. The summed E-state index contributed by atoms with van der Waals surface area (Å²) < 4.78 is 23.4. The smallest absolute Gasteiger partial charge is 0.391 e. The van der Waals surface area contributed by atoms with Crippen LogP contribution < -0.4 is 5.32 Å². The number of carbonyl (C=O) groups is 1. The number of carbonyl (C=O) groups excluding carboxylic acids is 1. The van der Waals surface area contributed by atoms with Gasteiger partial charge in [-0.1, -0.05) is 217 Å². The van der Waals surface area contributed by atoms with Crippen molar-refractivity contribution >= 4 is 13.7 Å². The predicted octanol–water partition coefficient (Wildman–Crippen LogP) is 14.8. The maximum absolute atomic E-state index is 12.8. The number of aliphatic hydroxyl groups is 1. The molecular formula is C52H100N2O6P+. The molecule has 0 radical (unpaired) electrons. The molecule has 0 aromatic rings. The van der Waals surface area contributed by atoms with Gasteiger partial charge in [0, 0.05) is 6.42 Å². The molecule has 0 heterocycles. The summed E-state index contributed by atoms with van der Waals surface area (Å²) in [5.41, 5.74) is 0. The standard InChI is InChI=1S/C52H99N2O6P/c1-6-8-10-12-13-14-15-16-17-18-19-20-21-22-23-24-25-26-27-28-29-30-31-32-33-34-35-36-37-38-39-40-41-42-44-46-52(56)53-50(51(55)45-43-11-9-7-2)49-60-61(57,58)59-48-47-54(3,4)5/h8,10,13-14,16-17,19-20,50-51,55H,6-7,9,11-12,15,18,21-49H2,1-5H3,(H-,53,56,57,58)/p+1/b10-8-,14-13-,17-16-,20-19-. The van der Waals surface area contributed by atoms with Crippen LogP contribution >= 0.6 is 7.82 Å². The highest BCUT2D eigenvalue weighted by molar-refractivity contribution is 7.47. The molecule has 358 valence electrons. The molecule has 3 N–H and O–H groups in total. The fraction of sp³-hybridized carbons (Fsp3) is 0.827. The summed E-state index contributed by atoms with van der Waals surface area (Å²) in [6.07, 6.45) is 56.7. The molecule has 0 spiro atoms. The lowest BCUT2D eigenvalue weighted by molar-refractivity contribution is -0.870. The Balaban J connectivity index is 3.71. The molecule has 61 heavy (non-hydrogen) atoms. The van der Waals surface area contributed by atoms with Crippen LogP contribution in [0.2, 0.25) is 0 Å². The van der Waals surface area contributed by atoms with Crippen molar-refractivity contribution in [2.45, 2.75) is 238 Å². The number of aliphatic hydroxyl groups excluding tert-OH is 1. The van der Waals surface area contributed by atoms with E-state index in [0.29, 0.717) is 23.9 Å². The van der Waals surface area contributed by atoms with E-state index in [1.54, 1.807) is 0 Å². The Bertz CT molecular complexity index is 1130. The van der Waals surface area contributed by atoms with Gasteiger partial charge in [0.1, 0.15) is 13.2 Å². The average Bonchev–Trinajstić information content (AvgIpc) is 3.21. The van der Waals surface area contributed by atoms with E-state index in [-0.39, 0.29) is 19.1 Å². The molecule has 8 nitrogen and oxygen atoms in total. The second-order valence-corrected chi connectivity index (χ2v) is 20.0. The molecule has 0 bridgehead atoms. The SMILES string of the molecule is CC/C=C\C/C=C\C/C=C\C/C=C\CCCCCCCCCCCCCCCCCCCCCCCCC(=O)NC(COP(=O)(O)OCC[N+](C)(C)C)C(O)CCCCCC. The third-order valence-electron chi connectivity index (χ3n) is 11.3. The van der Waals surface area contributed by atoms with E-state index in [4.69, 9.17) is 9.05 Å². The van der Waals surface area contributed by atoms with Crippen molar-refractivity contribution in [2.75, 3.05) is 40.9 Å². The number of phosphoric acid groups is 1. The van der Waals surface area contributed by atoms with E-state index in [9.17, 15) is 19.4 Å². The van der Waals surface area contributed by atoms with Gasteiger partial charge in [-0.3, -0.25) is 13.8 Å². The quantitative estimate of drug-likeness (QED) is 0.0243. The number of nitrogens with zero attached hydrogens (tertiary/aromatic N) is 1. The third kappa shape index (κ3) is 46.3. The number of quaternary nitrogens is 1. The van der Waals surface area contributed by atoms with Gasteiger partial charge in [-0.05, 0) is 51.4 Å². The monoisotopic (exact) mass is 880 g/mol. The maximum atomic E-state index is 12.8. The first kappa shape index (κ1) is 59.5. The van der Waals surface area contributed by atoms with Gasteiger partial charge in [-0.2, -0.15) is 0 Å². The number of unbranched alkanes of at least 4 members (excludes halogenated alkanes) is 25. The second kappa shape index (κ2) is 43.7. The number of nitrogens with one attached hydrogen (secondary N) is 1. The maximum Gasteiger partial charge on any atom is 0.472 e. The number of phosphoric ester groups is 1. The largest absolute Gasteiger partial charge is 0.472 e. The molecular weight excluding hydrogens is 780 g/mol. The number of likely N-dealkylation sites (N-methyl/N-ethyl adjacent to an activating group) is 1. The van der Waals surface area contributed by atoms with Gasteiger partial charge >= 0.3 is 7.82 Å². The summed E-state index contributed by atoms with van der Waals surface area (Å²) in [5, 5.41) is 13.7. The lowest BCUT2D eigenvalue weighted by Crippen LogP contribution is -2.46. The molecule has 0 saturated heterocycles. The molecule has 0 aliphatic heterocycles. The highest BCUT2D eigenvalue weighted by Gasteiger charge is 2.28. The lowest BCUT2D eigenvalue weighted by Gasteiger charge is -2.26. The Labute approximate surface area is 378 Å². The highest BCUT2D eigenvalue weighted by Crippen LogP contribution is 2.43. The van der Waals surface area contributed by atoms with Crippen LogP contribution in [0.1, 0.15) is 226 Å². The molecule has 0 aliphatic carbocycles. The average molecular weight is 880 g/mol. The number of amides is 1. The van der Waals surface area contributed by atoms with Crippen LogP contribution in [0.3, 0.4) is 0 Å². The minimum atomic E-state index is -4.29. The zero-order chi connectivity index (χ0) is 45.0. The zero-order valence-electron chi connectivity index (χ0n) is 40.7. The molecule has 0 aromatic heterocycles. The topological polar surface area (TPSA) is 105 Å². The summed E-state index contributed by atoms with van der Waals surface area (Å²) in [6.45, 7) is 4.66. The van der Waals surface area contributed by atoms with Gasteiger partial charge < -0.3 is 19.8 Å². The normalized spacial score (nSPS) is 14.5. The fourth-order valence-corrected chi connectivity index (χ4v) is 8.07. The Kier molecular flexibility index (Phi) is 42.6. The van der Waals surface area contributed by atoms with Crippen LogP contribution in [0.5, 0.6) is 0 Å². The van der Waals surface area contributed by atoms with E-state index in [1.807, 2.05) is 21.1 Å². The van der Waals surface area contributed by atoms with Crippen LogP contribution in [-0.2, 0) is 18.4 Å². The van der Waals surface area contributed by atoms with Crippen molar-refractivity contribution in [1.82, 2.24) is 5.32 Å². The van der Waals surface area contributed by atoms with Gasteiger partial charge in [0.05, 0.1) is 39.9 Å². The first-order valence-corrected chi connectivity index (χ1v) is 27.0. The van der Waals surface area contributed by atoms with Crippen molar-refractivity contribution in [2.24, 2.45) is 0 Å². The molecule has 9 heteroatoms. The van der Waals surface area contributed by atoms with E-state index in [0.717, 1.165) is 70.6 Å². The Morgan fingerprint density at radius 2 is 0.984 bits per heavy atom. The zero-order valence-corrected chi connectivity index (χ0v) is 41.5. The molecule has 0 saturated carbocycles. The number of hydrogen-bond acceptors (Lipinski definition) is 5. The summed E-state index contributed by atoms with van der Waals surface area (Å²) in [4.78, 5) is 22.9. The predicted molar refractivity (Wildman–Crippen MR) is 263 cm³/mol. The minimum absolute atomic E-state index is 0.0742. The second-order valence-electron chi connectivity index (χ2n) is 18.5. The van der Waals surface area contributed by atoms with Crippen LogP contribution in [0.4, 0.5) is 0 Å². The summed E-state index contributed by atoms with van der Waals surface area (Å²) in [7, 11) is 1.61. The Morgan fingerprint density at radius 1 is 0.574 bits per heavy atom. The van der Waals surface area contributed by atoms with E-state index >= 15 is 0 Å². The van der Waals surface area contributed by atoms with Crippen LogP contribution in [0.25, 0.3) is 0 Å². The number of hydrogen-bond donors (Lipinski definition) is 3. The number of allylic oxidation sites excluding steroid dienone is 8. The van der Waals surface area contributed by atoms with Gasteiger partial charge in [0.2, 0.25) is 5.91 Å². The van der Waals surface area contributed by atoms with Gasteiger partial charge in [0.15, 0.2) is 0 Å². The van der Waals surface area contributed by atoms with E-state index in [2.05, 4.69) is 67.8 Å². The van der Waals surface area contributed by atoms with Gasteiger partial charge in [-0.15, -0.1) is 0 Å². The van der Waals surface area contributed by atoms with Crippen molar-refractivity contribution in [3.05, 3.63) is 48.6 Å². The summed E-state index contributed by atoms with van der Waals surface area (Å²) >= 11 is 0. The first-order valence-electron chi connectivity index (χ1n) is 25.5. The Morgan fingerprint density at radius 3 is 1.43 bits per heavy atom. The first-order chi connectivity index (χ1) is 29.5. The van der Waals surface area contributed by atoms with Crippen LogP contribution in [-0.4, -0.2) is 73.4 Å². The molecule has 3 atom stereocenters. The highest BCUT2D eigenvalue weighted by atomic mass is 31.2. The third-order valence-corrected chi connectivity index (χ3v) is 12.3. The summed E-state index contributed by atoms with van der Waals surface area (Å²) in [5.74, 6) is -0.152.